The molecule has 0 amide bonds. The van der Waals surface area contributed by atoms with Crippen molar-refractivity contribution in [1.82, 2.24) is 0 Å². The molecule has 0 aliphatic heterocycles. The first kappa shape index (κ1) is 15.7. The van der Waals surface area contributed by atoms with Crippen molar-refractivity contribution < 1.29 is 12.6 Å². The van der Waals surface area contributed by atoms with Crippen LogP contribution in [0.5, 0.6) is 0 Å². The van der Waals surface area contributed by atoms with Crippen molar-refractivity contribution in [1.29, 1.82) is 0 Å². The van der Waals surface area contributed by atoms with Gasteiger partial charge in [0.1, 0.15) is 0 Å². The first-order valence-corrected chi connectivity index (χ1v) is 8.26. The van der Waals surface area contributed by atoms with Crippen LogP contribution in [0.15, 0.2) is 59.5 Å². The molecule has 2 aromatic rings. The topological polar surface area (TPSA) is 43.4 Å². The van der Waals surface area contributed by atoms with Gasteiger partial charge in [0, 0.05) is 6.42 Å². The molecule has 0 unspecified atom stereocenters. The van der Waals surface area contributed by atoms with E-state index < -0.39 is 15.7 Å². The van der Waals surface area contributed by atoms with E-state index in [0.717, 1.165) is 11.1 Å². The molecule has 3 nitrogen and oxygen atoms in total. The summed E-state index contributed by atoms with van der Waals surface area (Å²) in [4.78, 5) is 0.189. The van der Waals surface area contributed by atoms with E-state index in [9.17, 15) is 8.42 Å². The fourth-order valence-corrected chi connectivity index (χ4v) is 3.39. The Hall–Kier alpha value is -1.65. The molecule has 4 heteroatoms. The summed E-state index contributed by atoms with van der Waals surface area (Å²) in [5.41, 5.74) is 1.25. The second kappa shape index (κ2) is 6.00. The summed E-state index contributed by atoms with van der Waals surface area (Å²) < 4.78 is 30.1. The van der Waals surface area contributed by atoms with Gasteiger partial charge in [-0.25, -0.2) is 0 Å². The molecule has 0 N–H and O–H groups in total. The molecule has 0 saturated heterocycles. The Bertz CT molecular complexity index is 687. The van der Waals surface area contributed by atoms with Crippen molar-refractivity contribution >= 4 is 10.1 Å². The summed E-state index contributed by atoms with van der Waals surface area (Å²) in [6.45, 7) is 5.48. The van der Waals surface area contributed by atoms with Crippen molar-refractivity contribution in [2.24, 2.45) is 0 Å². The van der Waals surface area contributed by atoms with Crippen LogP contribution in [0.4, 0.5) is 0 Å². The Morgan fingerprint density at radius 2 is 1.52 bits per heavy atom. The number of rotatable bonds is 5. The maximum atomic E-state index is 12.3. The minimum absolute atomic E-state index is 0.189. The normalized spacial score (nSPS) is 12.3. The lowest BCUT2D eigenvalue weighted by Crippen LogP contribution is -2.30. The van der Waals surface area contributed by atoms with Crippen LogP contribution in [0.1, 0.15) is 25.0 Å². The molecule has 0 aromatic heterocycles. The lowest BCUT2D eigenvalue weighted by atomic mass is 9.99. The molecular formula is C17H20O3S. The van der Waals surface area contributed by atoms with E-state index in [1.807, 2.05) is 37.3 Å². The Balaban J connectivity index is 2.17. The molecule has 2 aromatic carbocycles. The van der Waals surface area contributed by atoms with Crippen LogP contribution >= 0.6 is 0 Å². The average Bonchev–Trinajstić information content (AvgIpc) is 2.38. The van der Waals surface area contributed by atoms with Crippen LogP contribution < -0.4 is 0 Å². The van der Waals surface area contributed by atoms with Gasteiger partial charge in [0.15, 0.2) is 0 Å². The van der Waals surface area contributed by atoms with Gasteiger partial charge in [-0.15, -0.1) is 0 Å². The minimum Gasteiger partial charge on any atom is -0.260 e. The van der Waals surface area contributed by atoms with Gasteiger partial charge in [-0.1, -0.05) is 48.0 Å². The van der Waals surface area contributed by atoms with Gasteiger partial charge in [0.2, 0.25) is 0 Å². The third-order valence-corrected chi connectivity index (χ3v) is 4.64. The number of hydrogen-bond acceptors (Lipinski definition) is 3. The van der Waals surface area contributed by atoms with Crippen LogP contribution in [0, 0.1) is 6.92 Å². The highest BCUT2D eigenvalue weighted by molar-refractivity contribution is 7.86. The fraction of sp³-hybridized carbons (Fsp3) is 0.294. The van der Waals surface area contributed by atoms with Crippen LogP contribution in [0.3, 0.4) is 0 Å². The standard InChI is InChI=1S/C17H20O3S/c1-14-9-11-16(12-10-14)21(18,19)20-17(2,3)13-15-7-5-4-6-8-15/h4-12H,13H2,1-3H3. The third-order valence-electron chi connectivity index (χ3n) is 3.12. The molecule has 21 heavy (non-hydrogen) atoms. The molecule has 0 atom stereocenters. The molecule has 0 saturated carbocycles. The number of benzene rings is 2. The van der Waals surface area contributed by atoms with Gasteiger partial charge in [-0.3, -0.25) is 4.18 Å². The Morgan fingerprint density at radius 1 is 0.952 bits per heavy atom. The zero-order chi connectivity index (χ0) is 15.5. The highest BCUT2D eigenvalue weighted by Gasteiger charge is 2.28. The molecule has 0 fully saturated rings. The summed E-state index contributed by atoms with van der Waals surface area (Å²) in [6.07, 6.45) is 0.527. The highest BCUT2D eigenvalue weighted by atomic mass is 32.2. The minimum atomic E-state index is -3.75. The van der Waals surface area contributed by atoms with E-state index in [1.165, 1.54) is 0 Å². The lowest BCUT2D eigenvalue weighted by Gasteiger charge is -2.24. The van der Waals surface area contributed by atoms with Gasteiger partial charge >= 0.3 is 0 Å². The highest BCUT2D eigenvalue weighted by Crippen LogP contribution is 2.24. The molecule has 112 valence electrons. The Labute approximate surface area is 126 Å². The van der Waals surface area contributed by atoms with Crippen molar-refractivity contribution in [3.63, 3.8) is 0 Å². The summed E-state index contributed by atoms with van der Waals surface area (Å²) in [6, 6.07) is 16.4. The maximum Gasteiger partial charge on any atom is 0.297 e. The van der Waals surface area contributed by atoms with Crippen molar-refractivity contribution in [2.75, 3.05) is 0 Å². The third kappa shape index (κ3) is 4.41. The zero-order valence-electron chi connectivity index (χ0n) is 12.5. The summed E-state index contributed by atoms with van der Waals surface area (Å²) in [7, 11) is -3.75. The predicted octanol–water partition coefficient (Wildman–Crippen LogP) is 3.72. The first-order chi connectivity index (χ1) is 9.78. The SMILES string of the molecule is Cc1ccc(S(=O)(=O)OC(C)(C)Cc2ccccc2)cc1. The maximum absolute atomic E-state index is 12.3. The molecule has 0 aliphatic rings. The van der Waals surface area contributed by atoms with Gasteiger partial charge in [-0.2, -0.15) is 8.42 Å². The van der Waals surface area contributed by atoms with E-state index in [1.54, 1.807) is 38.1 Å². The monoisotopic (exact) mass is 304 g/mol. The quantitative estimate of drug-likeness (QED) is 0.791. The summed E-state index contributed by atoms with van der Waals surface area (Å²) >= 11 is 0. The van der Waals surface area contributed by atoms with E-state index >= 15 is 0 Å². The fourth-order valence-electron chi connectivity index (χ4n) is 2.17. The van der Waals surface area contributed by atoms with Gasteiger partial charge in [-0.05, 0) is 38.5 Å². The summed E-state index contributed by atoms with van der Waals surface area (Å²) in [5.74, 6) is 0. The van der Waals surface area contributed by atoms with Gasteiger partial charge < -0.3 is 0 Å². The number of hydrogen-bond donors (Lipinski definition) is 0. The zero-order valence-corrected chi connectivity index (χ0v) is 13.4. The van der Waals surface area contributed by atoms with Crippen LogP contribution in [-0.2, 0) is 20.7 Å². The predicted molar refractivity (Wildman–Crippen MR) is 83.7 cm³/mol. The van der Waals surface area contributed by atoms with Crippen molar-refractivity contribution in [2.45, 2.75) is 37.7 Å². The van der Waals surface area contributed by atoms with Crippen LogP contribution in [0.2, 0.25) is 0 Å². The molecule has 2 rings (SSSR count). The van der Waals surface area contributed by atoms with E-state index in [4.69, 9.17) is 4.18 Å². The van der Waals surface area contributed by atoms with Crippen molar-refractivity contribution in [3.05, 3.63) is 65.7 Å². The van der Waals surface area contributed by atoms with E-state index in [0.29, 0.717) is 6.42 Å². The molecule has 0 aliphatic carbocycles. The smallest absolute Gasteiger partial charge is 0.260 e. The molecule has 0 bridgehead atoms. The first-order valence-electron chi connectivity index (χ1n) is 6.85. The summed E-state index contributed by atoms with van der Waals surface area (Å²) in [5, 5.41) is 0. The van der Waals surface area contributed by atoms with Gasteiger partial charge in [0.25, 0.3) is 10.1 Å². The van der Waals surface area contributed by atoms with Crippen LogP contribution in [0.25, 0.3) is 0 Å². The van der Waals surface area contributed by atoms with Gasteiger partial charge in [0.05, 0.1) is 10.5 Å². The van der Waals surface area contributed by atoms with E-state index in [2.05, 4.69) is 0 Å². The van der Waals surface area contributed by atoms with Crippen LogP contribution in [-0.4, -0.2) is 14.0 Å². The second-order valence-corrected chi connectivity index (χ2v) is 7.32. The largest absolute Gasteiger partial charge is 0.297 e. The number of aryl methyl sites for hydroxylation is 1. The Morgan fingerprint density at radius 3 is 2.10 bits per heavy atom. The second-order valence-electron chi connectivity index (χ2n) is 5.77. The molecule has 0 heterocycles. The van der Waals surface area contributed by atoms with E-state index in [-0.39, 0.29) is 4.90 Å². The molecule has 0 spiro atoms. The average molecular weight is 304 g/mol. The molecule has 0 radical (unpaired) electrons. The Kier molecular flexibility index (Phi) is 4.49. The molecular weight excluding hydrogens is 284 g/mol. The lowest BCUT2D eigenvalue weighted by molar-refractivity contribution is 0.118. The van der Waals surface area contributed by atoms with Crippen molar-refractivity contribution in [3.8, 4) is 0 Å².